The SMILES string of the molecule is CNC(=O)/C(=C\C(=N)Cl)NC(=N)/C=C(/C)NC. The molecule has 0 aliphatic carbocycles. The smallest absolute Gasteiger partial charge is 0.267 e. The van der Waals surface area contributed by atoms with Crippen molar-refractivity contribution in [3.05, 3.63) is 23.5 Å². The number of likely N-dealkylation sites (N-methyl/N-ethyl adjacent to an activating group) is 1. The number of nitrogens with one attached hydrogen (secondary N) is 5. The van der Waals surface area contributed by atoms with E-state index in [0.717, 1.165) is 11.8 Å². The third-order valence-corrected chi connectivity index (χ3v) is 1.88. The van der Waals surface area contributed by atoms with E-state index in [2.05, 4.69) is 16.0 Å². The normalized spacial score (nSPS) is 11.8. The van der Waals surface area contributed by atoms with Gasteiger partial charge in [0.2, 0.25) is 0 Å². The summed E-state index contributed by atoms with van der Waals surface area (Å²) in [6.07, 6.45) is 2.64. The van der Waals surface area contributed by atoms with Crippen molar-refractivity contribution in [1.82, 2.24) is 16.0 Å². The highest BCUT2D eigenvalue weighted by Gasteiger charge is 2.08. The Bertz CT molecular complexity index is 386. The van der Waals surface area contributed by atoms with E-state index in [-0.39, 0.29) is 16.7 Å². The summed E-state index contributed by atoms with van der Waals surface area (Å²) in [7, 11) is 3.18. The molecule has 5 N–H and O–H groups in total. The van der Waals surface area contributed by atoms with Crippen LogP contribution in [-0.4, -0.2) is 31.0 Å². The number of halogens is 1. The average Bonchev–Trinajstić information content (AvgIpc) is 2.26. The van der Waals surface area contributed by atoms with Crippen molar-refractivity contribution < 1.29 is 4.79 Å². The van der Waals surface area contributed by atoms with Crippen LogP contribution in [0, 0.1) is 10.8 Å². The summed E-state index contributed by atoms with van der Waals surface area (Å²) in [5.74, 6) is -0.430. The molecule has 0 aromatic heterocycles. The van der Waals surface area contributed by atoms with E-state index < -0.39 is 5.91 Å². The van der Waals surface area contributed by atoms with Gasteiger partial charge in [0, 0.05) is 25.9 Å². The minimum Gasteiger partial charge on any atom is -0.392 e. The van der Waals surface area contributed by atoms with Crippen LogP contribution in [0.25, 0.3) is 0 Å². The lowest BCUT2D eigenvalue weighted by molar-refractivity contribution is -0.117. The zero-order valence-electron chi connectivity index (χ0n) is 9.94. The van der Waals surface area contributed by atoms with Gasteiger partial charge in [-0.15, -0.1) is 0 Å². The fourth-order valence-electron chi connectivity index (χ4n) is 0.890. The van der Waals surface area contributed by atoms with Crippen LogP contribution in [0.3, 0.4) is 0 Å². The number of carbonyl (C=O) groups is 1. The molecule has 0 rings (SSSR count). The molecule has 6 nitrogen and oxygen atoms in total. The average molecular weight is 258 g/mol. The minimum atomic E-state index is -0.448. The number of amides is 1. The zero-order valence-corrected chi connectivity index (χ0v) is 10.7. The molecule has 0 atom stereocenters. The molecule has 0 heterocycles. The van der Waals surface area contributed by atoms with Crippen LogP contribution in [0.1, 0.15) is 6.92 Å². The molecule has 0 saturated carbocycles. The first kappa shape index (κ1) is 15.2. The summed E-state index contributed by atoms with van der Waals surface area (Å²) in [6.45, 7) is 1.78. The molecule has 94 valence electrons. The molecular formula is C10H16ClN5O. The van der Waals surface area contributed by atoms with E-state index in [1.807, 2.05) is 0 Å². The molecular weight excluding hydrogens is 242 g/mol. The second-order valence-corrected chi connectivity index (χ2v) is 3.51. The van der Waals surface area contributed by atoms with Crippen molar-refractivity contribution in [2.75, 3.05) is 14.1 Å². The Morgan fingerprint density at radius 3 is 2.18 bits per heavy atom. The van der Waals surface area contributed by atoms with Gasteiger partial charge >= 0.3 is 0 Å². The van der Waals surface area contributed by atoms with Gasteiger partial charge in [0.05, 0.1) is 0 Å². The predicted octanol–water partition coefficient (Wildman–Crippen LogP) is 0.522. The van der Waals surface area contributed by atoms with Crippen LogP contribution in [-0.2, 0) is 4.79 Å². The number of rotatable bonds is 5. The largest absolute Gasteiger partial charge is 0.392 e. The maximum Gasteiger partial charge on any atom is 0.267 e. The van der Waals surface area contributed by atoms with Crippen LogP contribution in [0.5, 0.6) is 0 Å². The highest BCUT2D eigenvalue weighted by Crippen LogP contribution is 1.95. The first-order valence-corrected chi connectivity index (χ1v) is 5.18. The lowest BCUT2D eigenvalue weighted by Gasteiger charge is -2.09. The van der Waals surface area contributed by atoms with Crippen LogP contribution < -0.4 is 16.0 Å². The number of allylic oxidation sites excluding steroid dienone is 2. The van der Waals surface area contributed by atoms with E-state index in [1.165, 1.54) is 13.1 Å². The molecule has 0 unspecified atom stereocenters. The van der Waals surface area contributed by atoms with Crippen LogP contribution >= 0.6 is 11.6 Å². The van der Waals surface area contributed by atoms with E-state index in [1.54, 1.807) is 14.0 Å². The molecule has 1 amide bonds. The molecule has 17 heavy (non-hydrogen) atoms. The number of hydrogen-bond donors (Lipinski definition) is 5. The van der Waals surface area contributed by atoms with Gasteiger partial charge in [-0.05, 0) is 13.0 Å². The van der Waals surface area contributed by atoms with Crippen LogP contribution in [0.15, 0.2) is 23.5 Å². The van der Waals surface area contributed by atoms with Crippen molar-refractivity contribution in [3.63, 3.8) is 0 Å². The lowest BCUT2D eigenvalue weighted by atomic mass is 10.3. The van der Waals surface area contributed by atoms with Gasteiger partial charge in [-0.25, -0.2) is 0 Å². The molecule has 0 aromatic rings. The van der Waals surface area contributed by atoms with Crippen molar-refractivity contribution >= 4 is 28.5 Å². The third kappa shape index (κ3) is 6.36. The molecule has 0 saturated heterocycles. The predicted molar refractivity (Wildman–Crippen MR) is 69.4 cm³/mol. The maximum atomic E-state index is 11.4. The standard InChI is InChI=1S/C10H16ClN5O/c1-6(14-2)4-9(13)16-7(5-8(11)12)10(17)15-3/h4-5,12,14H,1-3H3,(H2,13,16)(H,15,17)/b6-4-,7-5+,12-8?. The number of amidine groups is 1. The first-order valence-electron chi connectivity index (χ1n) is 4.80. The molecule has 7 heteroatoms. The van der Waals surface area contributed by atoms with E-state index in [9.17, 15) is 4.79 Å². The van der Waals surface area contributed by atoms with Crippen molar-refractivity contribution in [2.45, 2.75) is 6.92 Å². The molecule has 0 spiro atoms. The van der Waals surface area contributed by atoms with E-state index in [0.29, 0.717) is 0 Å². The molecule has 0 radical (unpaired) electrons. The Balaban J connectivity index is 4.84. The van der Waals surface area contributed by atoms with Gasteiger partial charge in [-0.1, -0.05) is 11.6 Å². The summed E-state index contributed by atoms with van der Waals surface area (Å²) in [5, 5.41) is 22.2. The fraction of sp³-hybridized carbons (Fsp3) is 0.300. The van der Waals surface area contributed by atoms with Crippen molar-refractivity contribution in [3.8, 4) is 0 Å². The minimum absolute atomic E-state index is 0.0182. The Hall–Kier alpha value is -1.82. The van der Waals surface area contributed by atoms with Gasteiger partial charge in [0.25, 0.3) is 5.91 Å². The monoisotopic (exact) mass is 257 g/mol. The summed E-state index contributed by atoms with van der Waals surface area (Å²) < 4.78 is 0. The number of hydrogen-bond acceptors (Lipinski definition) is 4. The highest BCUT2D eigenvalue weighted by molar-refractivity contribution is 6.67. The Morgan fingerprint density at radius 2 is 1.76 bits per heavy atom. The highest BCUT2D eigenvalue weighted by atomic mass is 35.5. The molecule has 0 aliphatic rings. The Kier molecular flexibility index (Phi) is 6.65. The second-order valence-electron chi connectivity index (χ2n) is 3.10. The van der Waals surface area contributed by atoms with Crippen molar-refractivity contribution in [2.24, 2.45) is 0 Å². The van der Waals surface area contributed by atoms with Gasteiger partial charge in [-0.3, -0.25) is 15.6 Å². The summed E-state index contributed by atoms with van der Waals surface area (Å²) in [5.41, 5.74) is 0.803. The molecule has 0 fully saturated rings. The quantitative estimate of drug-likeness (QED) is 0.282. The molecule has 0 aliphatic heterocycles. The third-order valence-electron chi connectivity index (χ3n) is 1.77. The Morgan fingerprint density at radius 1 is 1.18 bits per heavy atom. The van der Waals surface area contributed by atoms with Gasteiger partial charge in [-0.2, -0.15) is 0 Å². The maximum absolute atomic E-state index is 11.4. The van der Waals surface area contributed by atoms with Gasteiger partial charge in [0.15, 0.2) is 0 Å². The summed E-state index contributed by atoms with van der Waals surface area (Å²) in [6, 6.07) is 0. The summed E-state index contributed by atoms with van der Waals surface area (Å²) in [4.78, 5) is 11.4. The molecule has 0 aromatic carbocycles. The first-order chi connectivity index (χ1) is 7.90. The number of carbonyl (C=O) groups excluding carboxylic acids is 1. The van der Waals surface area contributed by atoms with Crippen molar-refractivity contribution in [1.29, 1.82) is 10.8 Å². The van der Waals surface area contributed by atoms with E-state index in [4.69, 9.17) is 22.4 Å². The van der Waals surface area contributed by atoms with Crippen LogP contribution in [0.2, 0.25) is 0 Å². The van der Waals surface area contributed by atoms with E-state index >= 15 is 0 Å². The second kappa shape index (κ2) is 7.45. The Labute approximate surface area is 105 Å². The van der Waals surface area contributed by atoms with Gasteiger partial charge < -0.3 is 16.0 Å². The fourth-order valence-corrected chi connectivity index (χ4v) is 0.999. The lowest BCUT2D eigenvalue weighted by Crippen LogP contribution is -2.32. The molecule has 0 bridgehead atoms. The van der Waals surface area contributed by atoms with Crippen LogP contribution in [0.4, 0.5) is 0 Å². The zero-order chi connectivity index (χ0) is 13.4. The summed E-state index contributed by atoms with van der Waals surface area (Å²) >= 11 is 5.38. The van der Waals surface area contributed by atoms with Gasteiger partial charge in [0.1, 0.15) is 16.7 Å². The topological polar surface area (TPSA) is 101 Å².